The van der Waals surface area contributed by atoms with E-state index in [4.69, 9.17) is 4.84 Å². The summed E-state index contributed by atoms with van der Waals surface area (Å²) in [6, 6.07) is 0. The van der Waals surface area contributed by atoms with E-state index in [1.165, 1.54) is 0 Å². The number of rotatable bonds is 2. The number of amides is 1. The number of carbonyl (C=O) groups excluding carboxylic acids is 1. The predicted molar refractivity (Wildman–Crippen MR) is 40.8 cm³/mol. The highest BCUT2D eigenvalue weighted by Crippen LogP contribution is 2.03. The maximum Gasteiger partial charge on any atom is 0.238 e. The number of carbonyl (C=O) groups is 1. The molecule has 0 atom stereocenters. The number of nitrogens with zero attached hydrogens (tertiary/aromatic N) is 2. The largest absolute Gasteiger partial charge is 0.348 e. The predicted octanol–water partition coefficient (Wildman–Crippen LogP) is -0.288. The van der Waals surface area contributed by atoms with Crippen molar-refractivity contribution in [1.82, 2.24) is 9.96 Å². The van der Waals surface area contributed by atoms with E-state index < -0.39 is 0 Å². The van der Waals surface area contributed by atoms with Crippen LogP contribution in [0, 0.1) is 0 Å². The lowest BCUT2D eigenvalue weighted by molar-refractivity contribution is -0.148. The second kappa shape index (κ2) is 3.69. The van der Waals surface area contributed by atoms with Gasteiger partial charge in [-0.3, -0.25) is 9.63 Å². The van der Waals surface area contributed by atoms with E-state index in [9.17, 15) is 4.79 Å². The van der Waals surface area contributed by atoms with Gasteiger partial charge in [0.15, 0.2) is 0 Å². The van der Waals surface area contributed by atoms with Crippen LogP contribution in [-0.2, 0) is 9.63 Å². The lowest BCUT2D eigenvalue weighted by atomic mass is 10.4. The summed E-state index contributed by atoms with van der Waals surface area (Å²) in [7, 11) is 3.50. The highest BCUT2D eigenvalue weighted by atomic mass is 16.7. The molecule has 0 N–H and O–H groups in total. The highest BCUT2D eigenvalue weighted by molar-refractivity contribution is 5.77. The Kier molecular flexibility index (Phi) is 2.84. The minimum atomic E-state index is 0.0897. The summed E-state index contributed by atoms with van der Waals surface area (Å²) in [5.41, 5.74) is 0. The van der Waals surface area contributed by atoms with Crippen molar-refractivity contribution in [2.75, 3.05) is 33.8 Å². The summed E-state index contributed by atoms with van der Waals surface area (Å²) in [5, 5.41) is 1.71. The second-order valence-corrected chi connectivity index (χ2v) is 2.84. The van der Waals surface area contributed by atoms with Gasteiger partial charge < -0.3 is 4.90 Å². The van der Waals surface area contributed by atoms with Gasteiger partial charge in [-0.05, 0) is 6.42 Å². The molecule has 4 nitrogen and oxygen atoms in total. The molecule has 1 aliphatic heterocycles. The first-order valence-electron chi connectivity index (χ1n) is 3.78. The van der Waals surface area contributed by atoms with Crippen molar-refractivity contribution < 1.29 is 9.63 Å². The van der Waals surface area contributed by atoms with Crippen LogP contribution < -0.4 is 0 Å². The van der Waals surface area contributed by atoms with Crippen LogP contribution in [0.4, 0.5) is 0 Å². The SMILES string of the molecule is CN(C)C(=O)CN1CCCO1. The molecule has 1 rings (SSSR count). The minimum Gasteiger partial charge on any atom is -0.348 e. The van der Waals surface area contributed by atoms with Crippen molar-refractivity contribution in [3.63, 3.8) is 0 Å². The lowest BCUT2D eigenvalue weighted by Gasteiger charge is -2.16. The topological polar surface area (TPSA) is 32.8 Å². The van der Waals surface area contributed by atoms with E-state index in [2.05, 4.69) is 0 Å². The molecule has 1 heterocycles. The van der Waals surface area contributed by atoms with E-state index >= 15 is 0 Å². The monoisotopic (exact) mass is 158 g/mol. The molecule has 1 saturated heterocycles. The van der Waals surface area contributed by atoms with Crippen molar-refractivity contribution >= 4 is 5.91 Å². The number of likely N-dealkylation sites (N-methyl/N-ethyl adjacent to an activating group) is 1. The summed E-state index contributed by atoms with van der Waals surface area (Å²) in [4.78, 5) is 17.8. The van der Waals surface area contributed by atoms with E-state index in [0.29, 0.717) is 6.54 Å². The molecule has 0 spiro atoms. The van der Waals surface area contributed by atoms with Gasteiger partial charge in [-0.25, -0.2) is 0 Å². The number of hydroxylamine groups is 2. The van der Waals surface area contributed by atoms with Crippen molar-refractivity contribution in [2.45, 2.75) is 6.42 Å². The Labute approximate surface area is 66.7 Å². The molecule has 0 aromatic heterocycles. The van der Waals surface area contributed by atoms with Crippen molar-refractivity contribution in [3.05, 3.63) is 0 Å². The smallest absolute Gasteiger partial charge is 0.238 e. The quantitative estimate of drug-likeness (QED) is 0.553. The van der Waals surface area contributed by atoms with Crippen LogP contribution in [0.25, 0.3) is 0 Å². The minimum absolute atomic E-state index is 0.0897. The summed E-state index contributed by atoms with van der Waals surface area (Å²) < 4.78 is 0. The van der Waals surface area contributed by atoms with E-state index in [-0.39, 0.29) is 5.91 Å². The van der Waals surface area contributed by atoms with Crippen molar-refractivity contribution in [2.24, 2.45) is 0 Å². The summed E-state index contributed by atoms with van der Waals surface area (Å²) in [5.74, 6) is 0.0897. The maximum atomic E-state index is 11.1. The normalized spacial score (nSPS) is 18.7. The molecule has 11 heavy (non-hydrogen) atoms. The van der Waals surface area contributed by atoms with Crippen LogP contribution >= 0.6 is 0 Å². The molecule has 1 aliphatic rings. The zero-order chi connectivity index (χ0) is 8.27. The molecule has 0 aromatic rings. The van der Waals surface area contributed by atoms with Crippen LogP contribution in [0.3, 0.4) is 0 Å². The Balaban J connectivity index is 2.24. The molecule has 64 valence electrons. The molecule has 0 aromatic carbocycles. The van der Waals surface area contributed by atoms with Crippen LogP contribution in [0.2, 0.25) is 0 Å². The molecule has 0 saturated carbocycles. The van der Waals surface area contributed by atoms with Gasteiger partial charge in [-0.2, -0.15) is 5.06 Å². The second-order valence-electron chi connectivity index (χ2n) is 2.84. The lowest BCUT2D eigenvalue weighted by Crippen LogP contribution is -2.34. The Bertz CT molecular complexity index is 141. The molecule has 0 bridgehead atoms. The first-order valence-corrected chi connectivity index (χ1v) is 3.78. The molecule has 1 amide bonds. The summed E-state index contributed by atoms with van der Waals surface area (Å²) >= 11 is 0. The maximum absolute atomic E-state index is 11.1. The van der Waals surface area contributed by atoms with E-state index in [1.54, 1.807) is 24.1 Å². The first kappa shape index (κ1) is 8.49. The van der Waals surface area contributed by atoms with Gasteiger partial charge in [-0.15, -0.1) is 0 Å². The number of hydrogen-bond acceptors (Lipinski definition) is 3. The average molecular weight is 158 g/mol. The third-order valence-corrected chi connectivity index (χ3v) is 1.64. The van der Waals surface area contributed by atoms with Gasteiger partial charge in [0.05, 0.1) is 6.61 Å². The summed E-state index contributed by atoms with van der Waals surface area (Å²) in [6.07, 6.45) is 1.03. The Morgan fingerprint density at radius 2 is 2.36 bits per heavy atom. The zero-order valence-electron chi connectivity index (χ0n) is 7.04. The Hall–Kier alpha value is -0.610. The van der Waals surface area contributed by atoms with Crippen LogP contribution in [0.1, 0.15) is 6.42 Å². The third kappa shape index (κ3) is 2.48. The fourth-order valence-electron chi connectivity index (χ4n) is 0.916. The van der Waals surface area contributed by atoms with Gasteiger partial charge in [0.25, 0.3) is 0 Å². The molecule has 0 radical (unpaired) electrons. The third-order valence-electron chi connectivity index (χ3n) is 1.64. The summed E-state index contributed by atoms with van der Waals surface area (Å²) in [6.45, 7) is 2.01. The molecule has 4 heteroatoms. The average Bonchev–Trinajstić information content (AvgIpc) is 2.39. The fourth-order valence-corrected chi connectivity index (χ4v) is 0.916. The highest BCUT2D eigenvalue weighted by Gasteiger charge is 2.16. The fraction of sp³-hybridized carbons (Fsp3) is 0.857. The van der Waals surface area contributed by atoms with Crippen LogP contribution in [0.5, 0.6) is 0 Å². The molecular weight excluding hydrogens is 144 g/mol. The van der Waals surface area contributed by atoms with Crippen molar-refractivity contribution in [3.8, 4) is 0 Å². The standard InChI is InChI=1S/C7H14N2O2/c1-8(2)7(10)6-9-4-3-5-11-9/h3-6H2,1-2H3. The zero-order valence-corrected chi connectivity index (χ0v) is 7.04. The van der Waals surface area contributed by atoms with E-state index in [1.807, 2.05) is 0 Å². The van der Waals surface area contributed by atoms with Gasteiger partial charge in [-0.1, -0.05) is 0 Å². The molecule has 1 fully saturated rings. The van der Waals surface area contributed by atoms with Gasteiger partial charge >= 0.3 is 0 Å². The van der Waals surface area contributed by atoms with Gasteiger partial charge in [0.1, 0.15) is 6.54 Å². The van der Waals surface area contributed by atoms with Gasteiger partial charge in [0, 0.05) is 20.6 Å². The van der Waals surface area contributed by atoms with Crippen LogP contribution in [0.15, 0.2) is 0 Å². The van der Waals surface area contributed by atoms with Crippen LogP contribution in [-0.4, -0.2) is 49.7 Å². The van der Waals surface area contributed by atoms with Crippen molar-refractivity contribution in [1.29, 1.82) is 0 Å². The molecule has 0 unspecified atom stereocenters. The molecular formula is C7H14N2O2. The first-order chi connectivity index (χ1) is 5.20. The number of hydrogen-bond donors (Lipinski definition) is 0. The Morgan fingerprint density at radius 1 is 1.64 bits per heavy atom. The van der Waals surface area contributed by atoms with Gasteiger partial charge in [0.2, 0.25) is 5.91 Å². The Morgan fingerprint density at radius 3 is 2.82 bits per heavy atom. The molecule has 0 aliphatic carbocycles. The van der Waals surface area contributed by atoms with E-state index in [0.717, 1.165) is 19.6 Å².